The third kappa shape index (κ3) is 2.13. The molecule has 0 aliphatic rings. The molecule has 0 fully saturated rings. The monoisotopic (exact) mass is 295 g/mol. The molecule has 1 aromatic rings. The van der Waals surface area contributed by atoms with E-state index >= 15 is 0 Å². The van der Waals surface area contributed by atoms with E-state index in [1.165, 1.54) is 1.08 Å². The first-order valence-corrected chi connectivity index (χ1v) is 4.62. The Kier molecular flexibility index (Phi) is 2.96. The Labute approximate surface area is 84.1 Å². The van der Waals surface area contributed by atoms with Crippen molar-refractivity contribution in [2.24, 2.45) is 0 Å². The average Bonchev–Trinajstić information content (AvgIpc) is 1.77. The van der Waals surface area contributed by atoms with Gasteiger partial charge in [0.15, 0.2) is 0 Å². The van der Waals surface area contributed by atoms with E-state index < -0.39 is 0 Å². The van der Waals surface area contributed by atoms with Gasteiger partial charge in [0.25, 0.3) is 0 Å². The molecule has 0 saturated heterocycles. The molecule has 1 aromatic carbocycles. The summed E-state index contributed by atoms with van der Waals surface area (Å²) in [7, 11) is 0. The van der Waals surface area contributed by atoms with E-state index in [2.05, 4.69) is 40.2 Å². The van der Waals surface area contributed by atoms with Crippen LogP contribution >= 0.6 is 15.9 Å². The minimum absolute atomic E-state index is 1.15. The summed E-state index contributed by atoms with van der Waals surface area (Å²) in [5.41, 5.74) is 0. The Morgan fingerprint density at radius 1 is 1.12 bits per heavy atom. The number of halogens is 1. The van der Waals surface area contributed by atoms with Gasteiger partial charge in [0.2, 0.25) is 0 Å². The topological polar surface area (TPSA) is 0 Å². The van der Waals surface area contributed by atoms with Crippen LogP contribution in [0.4, 0.5) is 0 Å². The molecular formula is C6H4BrCe. The van der Waals surface area contributed by atoms with Crippen molar-refractivity contribution in [3.8, 4) is 0 Å². The molecule has 8 heavy (non-hydrogen) atoms. The SMILES string of the molecule is Brc1cc[c]([Ce])cc1. The van der Waals surface area contributed by atoms with Crippen LogP contribution in [-0.4, -0.2) is 0 Å². The molecule has 0 aromatic heterocycles. The van der Waals surface area contributed by atoms with Gasteiger partial charge in [0.1, 0.15) is 0 Å². The summed E-state index contributed by atoms with van der Waals surface area (Å²) in [4.78, 5) is 0. The minimum atomic E-state index is 1.15. The maximum absolute atomic E-state index is 3.36. The summed E-state index contributed by atoms with van der Waals surface area (Å²) >= 11 is 4.51. The molecule has 0 saturated carbocycles. The third-order valence-corrected chi connectivity index (χ3v) is 2.42. The second-order valence-corrected chi connectivity index (χ2v) is 4.24. The predicted octanol–water partition coefficient (Wildman–Crippen LogP) is 1.62. The zero-order valence-electron chi connectivity index (χ0n) is 4.19. The summed E-state index contributed by atoms with van der Waals surface area (Å²) in [5.74, 6) is 0. The predicted molar refractivity (Wildman–Crippen MR) is 33.8 cm³/mol. The normalized spacial score (nSPS) is 9.00. The zero-order valence-corrected chi connectivity index (χ0v) is 8.91. The standard InChI is InChI=1S/C6H4Br.Ce/c7-6-4-2-1-3-5-6;/h2-5H;. The summed E-state index contributed by atoms with van der Waals surface area (Å²) in [6.07, 6.45) is 0. The van der Waals surface area contributed by atoms with E-state index in [0.29, 0.717) is 0 Å². The maximum atomic E-state index is 3.36. The van der Waals surface area contributed by atoms with Crippen LogP contribution in [-0.2, 0) is 0 Å². The van der Waals surface area contributed by atoms with Crippen molar-refractivity contribution in [3.05, 3.63) is 28.7 Å². The number of hydrogen-bond donors (Lipinski definition) is 0. The van der Waals surface area contributed by atoms with Gasteiger partial charge < -0.3 is 0 Å². The first-order chi connectivity index (χ1) is 3.79. The first kappa shape index (κ1) is 7.19. The molecular weight excluding hydrogens is 292 g/mol. The average molecular weight is 296 g/mol. The van der Waals surface area contributed by atoms with E-state index in [0.717, 1.165) is 44.1 Å². The first-order valence-electron chi connectivity index (χ1n) is 2.26. The Morgan fingerprint density at radius 2 is 1.62 bits per heavy atom. The second kappa shape index (κ2) is 3.30. The quantitative estimate of drug-likeness (QED) is 0.682. The Bertz CT molecular complexity index is 147. The van der Waals surface area contributed by atoms with Crippen molar-refractivity contribution in [1.29, 1.82) is 0 Å². The molecule has 2 heteroatoms. The molecule has 1 rings (SSSR count). The molecule has 39 valence electrons. The van der Waals surface area contributed by atoms with Gasteiger partial charge in [-0.2, -0.15) is 0 Å². The van der Waals surface area contributed by atoms with Crippen LogP contribution in [0.5, 0.6) is 0 Å². The Hall–Kier alpha value is 1.08. The van der Waals surface area contributed by atoms with Crippen LogP contribution in [0.25, 0.3) is 0 Å². The summed E-state index contributed by atoms with van der Waals surface area (Å²) in [5, 5.41) is 0. The fourth-order valence-electron chi connectivity index (χ4n) is 0.450. The molecule has 0 nitrogen and oxygen atoms in total. The molecule has 0 aliphatic carbocycles. The van der Waals surface area contributed by atoms with Gasteiger partial charge in [-0.05, 0) is 0 Å². The Morgan fingerprint density at radius 3 is 2.00 bits per heavy atom. The van der Waals surface area contributed by atoms with Gasteiger partial charge in [-0.1, -0.05) is 0 Å². The second-order valence-electron chi connectivity index (χ2n) is 1.51. The summed E-state index contributed by atoms with van der Waals surface area (Å²) < 4.78 is 2.60. The van der Waals surface area contributed by atoms with Crippen molar-refractivity contribution < 1.29 is 39.6 Å². The number of rotatable bonds is 0. The fourth-order valence-corrected chi connectivity index (χ4v) is 1.24. The van der Waals surface area contributed by atoms with E-state index in [4.69, 9.17) is 0 Å². The van der Waals surface area contributed by atoms with Crippen LogP contribution < -0.4 is 1.08 Å². The van der Waals surface area contributed by atoms with Gasteiger partial charge in [0.05, 0.1) is 0 Å². The van der Waals surface area contributed by atoms with Crippen LogP contribution in [0.3, 0.4) is 0 Å². The summed E-state index contributed by atoms with van der Waals surface area (Å²) in [6, 6.07) is 8.41. The number of benzene rings is 1. The molecule has 0 N–H and O–H groups in total. The molecule has 0 bridgehead atoms. The van der Waals surface area contributed by atoms with E-state index in [1.807, 2.05) is 0 Å². The van der Waals surface area contributed by atoms with Crippen molar-refractivity contribution in [2.75, 3.05) is 0 Å². The molecule has 0 radical (unpaired) electrons. The van der Waals surface area contributed by atoms with Crippen molar-refractivity contribution in [1.82, 2.24) is 0 Å². The van der Waals surface area contributed by atoms with Crippen LogP contribution in [0.2, 0.25) is 0 Å². The van der Waals surface area contributed by atoms with E-state index in [1.54, 1.807) is 0 Å². The van der Waals surface area contributed by atoms with Crippen LogP contribution in [0.1, 0.15) is 0 Å². The third-order valence-electron chi connectivity index (χ3n) is 0.844. The van der Waals surface area contributed by atoms with Gasteiger partial charge in [-0.3, -0.25) is 0 Å². The van der Waals surface area contributed by atoms with Gasteiger partial charge in [-0.15, -0.1) is 0 Å². The zero-order chi connectivity index (χ0) is 5.98. The van der Waals surface area contributed by atoms with Crippen molar-refractivity contribution >= 4 is 17.0 Å². The molecule has 0 amide bonds. The van der Waals surface area contributed by atoms with Gasteiger partial charge in [-0.25, -0.2) is 0 Å². The van der Waals surface area contributed by atoms with E-state index in [-0.39, 0.29) is 0 Å². The van der Waals surface area contributed by atoms with Crippen molar-refractivity contribution in [2.45, 2.75) is 0 Å². The van der Waals surface area contributed by atoms with E-state index in [9.17, 15) is 0 Å². The van der Waals surface area contributed by atoms with Crippen LogP contribution in [0.15, 0.2) is 28.7 Å². The number of hydrogen-bond acceptors (Lipinski definition) is 0. The summed E-state index contributed by atoms with van der Waals surface area (Å²) in [6.45, 7) is 0. The molecule has 0 atom stereocenters. The molecule has 0 heterocycles. The van der Waals surface area contributed by atoms with Gasteiger partial charge in [0, 0.05) is 0 Å². The fraction of sp³-hybridized carbons (Fsp3) is 0. The Balaban J connectivity index is 3.03. The van der Waals surface area contributed by atoms with Crippen molar-refractivity contribution in [3.63, 3.8) is 0 Å². The molecule has 0 aliphatic heterocycles. The van der Waals surface area contributed by atoms with Gasteiger partial charge >= 0.3 is 85.4 Å². The molecule has 0 spiro atoms. The van der Waals surface area contributed by atoms with Crippen LogP contribution in [0, 0.1) is 39.6 Å². The molecule has 0 unspecified atom stereocenters.